The van der Waals surface area contributed by atoms with Crippen molar-refractivity contribution in [2.75, 3.05) is 36.0 Å². The summed E-state index contributed by atoms with van der Waals surface area (Å²) in [7, 11) is 0. The van der Waals surface area contributed by atoms with Gasteiger partial charge in [-0.3, -0.25) is 4.57 Å². The van der Waals surface area contributed by atoms with Crippen LogP contribution >= 0.6 is 0 Å². The molecule has 1 aliphatic heterocycles. The van der Waals surface area contributed by atoms with Gasteiger partial charge in [0.05, 0.1) is 18.1 Å². The molecule has 0 bridgehead atoms. The Morgan fingerprint density at radius 2 is 1.70 bits per heavy atom. The Kier molecular flexibility index (Phi) is 3.55. The summed E-state index contributed by atoms with van der Waals surface area (Å²) in [5.41, 5.74) is 1.11. The Bertz CT molecular complexity index is 750. The van der Waals surface area contributed by atoms with Crippen LogP contribution in [0.2, 0.25) is 0 Å². The summed E-state index contributed by atoms with van der Waals surface area (Å²) in [6.07, 6.45) is 10.5. The SMILES string of the molecule is c1cn(-c2cc(N3CCN(c4ccnnc4)CC3)ncn2)cn1. The quantitative estimate of drug-likeness (QED) is 0.707. The Hall–Kier alpha value is -3.03. The van der Waals surface area contributed by atoms with Gasteiger partial charge in [0.25, 0.3) is 0 Å². The van der Waals surface area contributed by atoms with Crippen molar-refractivity contribution in [3.8, 4) is 5.82 Å². The molecular weight excluding hydrogens is 292 g/mol. The fraction of sp³-hybridized carbons (Fsp3) is 0.267. The molecule has 23 heavy (non-hydrogen) atoms. The molecule has 0 unspecified atom stereocenters. The third-order valence-corrected chi connectivity index (χ3v) is 3.94. The zero-order valence-corrected chi connectivity index (χ0v) is 12.5. The van der Waals surface area contributed by atoms with E-state index in [1.54, 1.807) is 31.2 Å². The van der Waals surface area contributed by atoms with Crippen LogP contribution in [-0.4, -0.2) is 55.9 Å². The molecule has 116 valence electrons. The minimum Gasteiger partial charge on any atom is -0.367 e. The van der Waals surface area contributed by atoms with Crippen molar-refractivity contribution < 1.29 is 0 Å². The molecule has 0 aromatic carbocycles. The molecule has 0 aliphatic carbocycles. The van der Waals surface area contributed by atoms with Gasteiger partial charge in [0.2, 0.25) is 0 Å². The van der Waals surface area contributed by atoms with Crippen molar-refractivity contribution >= 4 is 11.5 Å². The Balaban J connectivity index is 1.47. The molecule has 8 heteroatoms. The van der Waals surface area contributed by atoms with E-state index in [0.29, 0.717) is 0 Å². The van der Waals surface area contributed by atoms with E-state index in [0.717, 1.165) is 43.5 Å². The van der Waals surface area contributed by atoms with Crippen molar-refractivity contribution in [1.29, 1.82) is 0 Å². The fourth-order valence-electron chi connectivity index (χ4n) is 2.71. The zero-order chi connectivity index (χ0) is 15.5. The second-order valence-corrected chi connectivity index (χ2v) is 5.28. The molecule has 0 radical (unpaired) electrons. The maximum absolute atomic E-state index is 4.41. The number of nitrogens with zero attached hydrogens (tertiary/aromatic N) is 8. The third kappa shape index (κ3) is 2.83. The van der Waals surface area contributed by atoms with Crippen LogP contribution < -0.4 is 9.80 Å². The molecule has 0 spiro atoms. The van der Waals surface area contributed by atoms with Crippen LogP contribution in [0.5, 0.6) is 0 Å². The summed E-state index contributed by atoms with van der Waals surface area (Å²) in [4.78, 5) is 17.3. The van der Waals surface area contributed by atoms with Crippen LogP contribution in [0.25, 0.3) is 5.82 Å². The lowest BCUT2D eigenvalue weighted by Gasteiger charge is -2.36. The van der Waals surface area contributed by atoms with Crippen LogP contribution in [0.3, 0.4) is 0 Å². The van der Waals surface area contributed by atoms with E-state index >= 15 is 0 Å². The zero-order valence-electron chi connectivity index (χ0n) is 12.5. The van der Waals surface area contributed by atoms with Gasteiger partial charge in [-0.2, -0.15) is 10.2 Å². The number of imidazole rings is 1. The highest BCUT2D eigenvalue weighted by molar-refractivity contribution is 5.48. The second-order valence-electron chi connectivity index (χ2n) is 5.28. The summed E-state index contributed by atoms with van der Waals surface area (Å²) in [6, 6.07) is 3.98. The van der Waals surface area contributed by atoms with Gasteiger partial charge in [-0.05, 0) is 6.07 Å². The highest BCUT2D eigenvalue weighted by Gasteiger charge is 2.19. The van der Waals surface area contributed by atoms with Gasteiger partial charge in [0.15, 0.2) is 0 Å². The third-order valence-electron chi connectivity index (χ3n) is 3.94. The van der Waals surface area contributed by atoms with E-state index < -0.39 is 0 Å². The number of hydrogen-bond acceptors (Lipinski definition) is 7. The average molecular weight is 308 g/mol. The molecule has 4 heterocycles. The molecule has 0 amide bonds. The van der Waals surface area contributed by atoms with Crippen LogP contribution in [0, 0.1) is 0 Å². The van der Waals surface area contributed by atoms with Crippen LogP contribution in [-0.2, 0) is 0 Å². The maximum atomic E-state index is 4.41. The summed E-state index contributed by atoms with van der Waals surface area (Å²) >= 11 is 0. The predicted molar refractivity (Wildman–Crippen MR) is 85.6 cm³/mol. The molecular formula is C15H16N8. The highest BCUT2D eigenvalue weighted by Crippen LogP contribution is 2.19. The highest BCUT2D eigenvalue weighted by atomic mass is 15.3. The van der Waals surface area contributed by atoms with Gasteiger partial charge in [0.1, 0.15) is 24.3 Å². The number of aromatic nitrogens is 6. The molecule has 3 aromatic rings. The normalized spacial score (nSPS) is 15.0. The van der Waals surface area contributed by atoms with Gasteiger partial charge in [-0.1, -0.05) is 0 Å². The van der Waals surface area contributed by atoms with E-state index in [-0.39, 0.29) is 0 Å². The van der Waals surface area contributed by atoms with Crippen LogP contribution in [0.15, 0.2) is 49.6 Å². The molecule has 0 saturated carbocycles. The smallest absolute Gasteiger partial charge is 0.143 e. The van der Waals surface area contributed by atoms with Crippen LogP contribution in [0.1, 0.15) is 0 Å². The Morgan fingerprint density at radius 3 is 2.43 bits per heavy atom. The number of rotatable bonds is 3. The minimum atomic E-state index is 0.827. The monoisotopic (exact) mass is 308 g/mol. The van der Waals surface area contributed by atoms with Crippen molar-refractivity contribution in [2.45, 2.75) is 0 Å². The van der Waals surface area contributed by atoms with Crippen molar-refractivity contribution in [2.24, 2.45) is 0 Å². The summed E-state index contributed by atoms with van der Waals surface area (Å²) < 4.78 is 1.88. The first-order valence-electron chi connectivity index (χ1n) is 7.47. The molecule has 1 aliphatic rings. The second kappa shape index (κ2) is 5.99. The molecule has 0 atom stereocenters. The molecule has 1 fully saturated rings. The summed E-state index contributed by atoms with van der Waals surface area (Å²) in [5.74, 6) is 1.77. The van der Waals surface area contributed by atoms with E-state index in [1.807, 2.05) is 22.9 Å². The maximum Gasteiger partial charge on any atom is 0.143 e. The number of hydrogen-bond donors (Lipinski definition) is 0. The van der Waals surface area contributed by atoms with Gasteiger partial charge in [-0.25, -0.2) is 15.0 Å². The van der Waals surface area contributed by atoms with Crippen molar-refractivity contribution in [3.63, 3.8) is 0 Å². The first-order valence-corrected chi connectivity index (χ1v) is 7.47. The van der Waals surface area contributed by atoms with E-state index in [4.69, 9.17) is 0 Å². The molecule has 0 N–H and O–H groups in total. The van der Waals surface area contributed by atoms with Gasteiger partial charge in [0, 0.05) is 44.6 Å². The summed E-state index contributed by atoms with van der Waals surface area (Å²) in [5, 5.41) is 7.77. The van der Waals surface area contributed by atoms with Crippen LogP contribution in [0.4, 0.5) is 11.5 Å². The van der Waals surface area contributed by atoms with E-state index in [9.17, 15) is 0 Å². The van der Waals surface area contributed by atoms with Crippen molar-refractivity contribution in [3.05, 3.63) is 49.6 Å². The Labute approximate surface area is 133 Å². The van der Waals surface area contributed by atoms with Crippen molar-refractivity contribution in [1.82, 2.24) is 29.7 Å². The number of anilines is 2. The minimum absolute atomic E-state index is 0.827. The summed E-state index contributed by atoms with van der Waals surface area (Å²) in [6.45, 7) is 3.66. The van der Waals surface area contributed by atoms with Gasteiger partial charge >= 0.3 is 0 Å². The van der Waals surface area contributed by atoms with E-state index in [1.165, 1.54) is 0 Å². The molecule has 4 rings (SSSR count). The van der Waals surface area contributed by atoms with Gasteiger partial charge in [-0.15, -0.1) is 0 Å². The Morgan fingerprint density at radius 1 is 0.870 bits per heavy atom. The lowest BCUT2D eigenvalue weighted by molar-refractivity contribution is 0.644. The first kappa shape index (κ1) is 13.6. The van der Waals surface area contributed by atoms with Gasteiger partial charge < -0.3 is 9.80 Å². The molecule has 8 nitrogen and oxygen atoms in total. The van der Waals surface area contributed by atoms with E-state index in [2.05, 4.69) is 34.9 Å². The first-order chi connectivity index (χ1) is 11.4. The number of piperazine rings is 1. The predicted octanol–water partition coefficient (Wildman–Crippen LogP) is 0.779. The topological polar surface area (TPSA) is 75.9 Å². The standard InChI is InChI=1S/C15H16N8/c1-2-19-20-10-13(1)21-5-7-22(8-6-21)14-9-15(18-11-17-14)23-4-3-16-12-23/h1-4,9-12H,5-8H2. The molecule has 3 aromatic heterocycles. The fourth-order valence-corrected chi connectivity index (χ4v) is 2.71. The largest absolute Gasteiger partial charge is 0.367 e. The lowest BCUT2D eigenvalue weighted by atomic mass is 10.3. The average Bonchev–Trinajstić information content (AvgIpc) is 3.18. The molecule has 1 saturated heterocycles. The lowest BCUT2D eigenvalue weighted by Crippen LogP contribution is -2.46.